The van der Waals surface area contributed by atoms with Crippen LogP contribution in [0.15, 0.2) is 36.5 Å². The van der Waals surface area contributed by atoms with Crippen molar-refractivity contribution in [3.05, 3.63) is 58.4 Å². The van der Waals surface area contributed by atoms with Gasteiger partial charge in [-0.25, -0.2) is 0 Å². The highest BCUT2D eigenvalue weighted by molar-refractivity contribution is 6.31. The summed E-state index contributed by atoms with van der Waals surface area (Å²) in [5.41, 5.74) is -2.88. The van der Waals surface area contributed by atoms with Crippen LogP contribution in [-0.2, 0) is 10.3 Å². The highest BCUT2D eigenvalue weighted by atomic mass is 35.5. The average molecular weight is 404 g/mol. The summed E-state index contributed by atoms with van der Waals surface area (Å²) < 4.78 is 52.1. The lowest BCUT2D eigenvalue weighted by molar-refractivity contribution is -0.274. The minimum Gasteiger partial charge on any atom is -0.491 e. The summed E-state index contributed by atoms with van der Waals surface area (Å²) >= 11 is 6.21. The fraction of sp³-hybridized carbons (Fsp3) is 0.421. The molecule has 0 bridgehead atoms. The maximum absolute atomic E-state index is 13.9. The molecular weight excluding hydrogens is 383 g/mol. The van der Waals surface area contributed by atoms with Crippen molar-refractivity contribution in [1.29, 1.82) is 0 Å². The molecule has 8 heteroatoms. The quantitative estimate of drug-likeness (QED) is 0.685. The third-order valence-electron chi connectivity index (χ3n) is 4.39. The minimum atomic E-state index is -4.92. The summed E-state index contributed by atoms with van der Waals surface area (Å²) in [6, 6.07) is 6.76. The fourth-order valence-electron chi connectivity index (χ4n) is 2.86. The van der Waals surface area contributed by atoms with Gasteiger partial charge in [-0.2, -0.15) is 13.2 Å². The molecule has 0 fully saturated rings. The number of aryl methyl sites for hydroxylation is 1. The molecule has 1 aromatic carbocycles. The Morgan fingerprint density at radius 3 is 2.44 bits per heavy atom. The SMILES string of the molecule is COCCOc1ccc(C(C)C(O)(c2ccnc(C)c2)C(F)(F)F)c(Cl)c1. The van der Waals surface area contributed by atoms with Gasteiger partial charge < -0.3 is 14.6 Å². The molecule has 1 N–H and O–H groups in total. The first-order valence-electron chi connectivity index (χ1n) is 8.24. The van der Waals surface area contributed by atoms with Crippen LogP contribution >= 0.6 is 11.6 Å². The number of benzene rings is 1. The van der Waals surface area contributed by atoms with Crippen molar-refractivity contribution in [2.45, 2.75) is 31.5 Å². The molecule has 2 atom stereocenters. The largest absolute Gasteiger partial charge is 0.491 e. The Labute approximate surface area is 160 Å². The van der Waals surface area contributed by atoms with Gasteiger partial charge in [-0.3, -0.25) is 4.98 Å². The van der Waals surface area contributed by atoms with Gasteiger partial charge in [-0.05, 0) is 42.3 Å². The number of pyridine rings is 1. The number of ether oxygens (including phenoxy) is 2. The first-order chi connectivity index (χ1) is 12.6. The molecule has 2 unspecified atom stereocenters. The second-order valence-corrected chi connectivity index (χ2v) is 6.60. The second-order valence-electron chi connectivity index (χ2n) is 6.20. The Morgan fingerprint density at radius 2 is 1.89 bits per heavy atom. The van der Waals surface area contributed by atoms with Crippen molar-refractivity contribution >= 4 is 11.6 Å². The lowest BCUT2D eigenvalue weighted by Gasteiger charge is -2.37. The van der Waals surface area contributed by atoms with Crippen LogP contribution in [-0.4, -0.2) is 36.6 Å². The van der Waals surface area contributed by atoms with Crippen molar-refractivity contribution in [3.8, 4) is 5.75 Å². The number of aliphatic hydroxyl groups is 1. The number of hydrogen-bond donors (Lipinski definition) is 1. The van der Waals surface area contributed by atoms with E-state index in [0.717, 1.165) is 6.07 Å². The summed E-state index contributed by atoms with van der Waals surface area (Å²) in [6.45, 7) is 3.50. The van der Waals surface area contributed by atoms with Crippen molar-refractivity contribution in [2.24, 2.45) is 0 Å². The molecule has 4 nitrogen and oxygen atoms in total. The number of halogens is 4. The van der Waals surface area contributed by atoms with E-state index >= 15 is 0 Å². The predicted molar refractivity (Wildman–Crippen MR) is 96.2 cm³/mol. The monoisotopic (exact) mass is 403 g/mol. The Morgan fingerprint density at radius 1 is 1.19 bits per heavy atom. The Kier molecular flexibility index (Phi) is 6.72. The van der Waals surface area contributed by atoms with Crippen LogP contribution in [0.1, 0.15) is 29.7 Å². The zero-order valence-electron chi connectivity index (χ0n) is 15.2. The van der Waals surface area contributed by atoms with Crippen LogP contribution in [0.2, 0.25) is 5.02 Å². The Balaban J connectivity index is 2.43. The van der Waals surface area contributed by atoms with E-state index in [2.05, 4.69) is 4.98 Å². The normalized spacial score (nSPS) is 15.3. The van der Waals surface area contributed by atoms with Gasteiger partial charge in [-0.1, -0.05) is 24.6 Å². The smallest absolute Gasteiger partial charge is 0.422 e. The maximum Gasteiger partial charge on any atom is 0.422 e. The lowest BCUT2D eigenvalue weighted by Crippen LogP contribution is -2.46. The van der Waals surface area contributed by atoms with Gasteiger partial charge in [-0.15, -0.1) is 0 Å². The van der Waals surface area contributed by atoms with Gasteiger partial charge in [0.2, 0.25) is 0 Å². The van der Waals surface area contributed by atoms with Gasteiger partial charge in [0.1, 0.15) is 12.4 Å². The van der Waals surface area contributed by atoms with Crippen LogP contribution in [0, 0.1) is 6.92 Å². The Bertz CT molecular complexity index is 785. The zero-order chi connectivity index (χ0) is 20.2. The standard InChI is InChI=1S/C19H21ClF3NO3/c1-12-10-14(6-7-24-12)18(25,19(21,22)23)13(2)16-5-4-15(11-17(16)20)27-9-8-26-3/h4-7,10-11,13,25H,8-9H2,1-3H3. The molecule has 1 heterocycles. The summed E-state index contributed by atoms with van der Waals surface area (Å²) in [4.78, 5) is 3.90. The highest BCUT2D eigenvalue weighted by Crippen LogP contribution is 2.50. The van der Waals surface area contributed by atoms with Gasteiger partial charge in [0.05, 0.1) is 6.61 Å². The van der Waals surface area contributed by atoms with Crippen molar-refractivity contribution in [3.63, 3.8) is 0 Å². The van der Waals surface area contributed by atoms with Crippen LogP contribution < -0.4 is 4.74 Å². The molecule has 0 aliphatic carbocycles. The molecule has 0 saturated carbocycles. The third-order valence-corrected chi connectivity index (χ3v) is 4.72. The van der Waals surface area contributed by atoms with E-state index in [9.17, 15) is 18.3 Å². The fourth-order valence-corrected chi connectivity index (χ4v) is 3.19. The number of hydrogen-bond acceptors (Lipinski definition) is 4. The van der Waals surface area contributed by atoms with Crippen LogP contribution in [0.4, 0.5) is 13.2 Å². The second kappa shape index (κ2) is 8.46. The van der Waals surface area contributed by atoms with Crippen LogP contribution in [0.3, 0.4) is 0 Å². The van der Waals surface area contributed by atoms with Gasteiger partial charge in [0.15, 0.2) is 5.60 Å². The molecule has 1 aromatic heterocycles. The minimum absolute atomic E-state index is 0.0749. The van der Waals surface area contributed by atoms with Gasteiger partial charge in [0, 0.05) is 29.9 Å². The molecule has 148 valence electrons. The predicted octanol–water partition coefficient (Wildman–Crippen LogP) is 4.62. The van der Waals surface area contributed by atoms with Crippen LogP contribution in [0.5, 0.6) is 5.75 Å². The van der Waals surface area contributed by atoms with Crippen molar-refractivity contribution < 1.29 is 27.8 Å². The Hall–Kier alpha value is -1.83. The van der Waals surface area contributed by atoms with E-state index < -0.39 is 17.7 Å². The molecule has 0 spiro atoms. The molecule has 0 saturated heterocycles. The maximum atomic E-state index is 13.9. The topological polar surface area (TPSA) is 51.6 Å². The van der Waals surface area contributed by atoms with Gasteiger partial charge >= 0.3 is 6.18 Å². The van der Waals surface area contributed by atoms with E-state index in [-0.39, 0.29) is 22.8 Å². The van der Waals surface area contributed by atoms with E-state index in [0.29, 0.717) is 18.1 Å². The number of aromatic nitrogens is 1. The third kappa shape index (κ3) is 4.54. The molecule has 0 aliphatic rings. The molecule has 27 heavy (non-hydrogen) atoms. The summed E-state index contributed by atoms with van der Waals surface area (Å²) in [6.07, 6.45) is -3.68. The number of nitrogens with zero attached hydrogens (tertiary/aromatic N) is 1. The molecule has 0 aliphatic heterocycles. The number of alkyl halides is 3. The number of rotatable bonds is 7. The molecule has 2 aromatic rings. The highest BCUT2D eigenvalue weighted by Gasteiger charge is 2.59. The van der Waals surface area contributed by atoms with Crippen molar-refractivity contribution in [2.75, 3.05) is 20.3 Å². The van der Waals surface area contributed by atoms with Crippen molar-refractivity contribution in [1.82, 2.24) is 4.98 Å². The van der Waals surface area contributed by atoms with Gasteiger partial charge in [0.25, 0.3) is 0 Å². The summed E-state index contributed by atoms with van der Waals surface area (Å²) in [5.74, 6) is -0.955. The molecular formula is C19H21ClF3NO3. The lowest BCUT2D eigenvalue weighted by atomic mass is 9.78. The van der Waals surface area contributed by atoms with E-state index in [1.165, 1.54) is 44.5 Å². The average Bonchev–Trinajstić information content (AvgIpc) is 2.60. The van der Waals surface area contributed by atoms with E-state index in [1.807, 2.05) is 0 Å². The van der Waals surface area contributed by atoms with Crippen LogP contribution in [0.25, 0.3) is 0 Å². The molecule has 0 radical (unpaired) electrons. The first kappa shape index (κ1) is 21.5. The van der Waals surface area contributed by atoms with E-state index in [1.54, 1.807) is 6.92 Å². The number of methoxy groups -OCH3 is 1. The summed E-state index contributed by atoms with van der Waals surface area (Å²) in [5, 5.41) is 10.8. The first-order valence-corrected chi connectivity index (χ1v) is 8.62. The zero-order valence-corrected chi connectivity index (χ0v) is 15.9. The molecule has 0 amide bonds. The molecule has 2 rings (SSSR count). The summed E-state index contributed by atoms with van der Waals surface area (Å²) in [7, 11) is 1.53. The van der Waals surface area contributed by atoms with E-state index in [4.69, 9.17) is 21.1 Å².